The van der Waals surface area contributed by atoms with Crippen LogP contribution in [0.4, 0.5) is 11.4 Å². The van der Waals surface area contributed by atoms with Gasteiger partial charge in [-0.3, -0.25) is 0 Å². The molecular weight excluding hydrogens is 441 g/mol. The molecule has 6 heteroatoms. The summed E-state index contributed by atoms with van der Waals surface area (Å²) in [6.07, 6.45) is 0. The van der Waals surface area contributed by atoms with Crippen LogP contribution in [0.2, 0.25) is 0 Å². The largest absolute Gasteiger partial charge is 2.00 e. The average molecular weight is 474 g/mol. The fourth-order valence-electron chi connectivity index (χ4n) is 3.59. The third-order valence-corrected chi connectivity index (χ3v) is 4.56. The van der Waals surface area contributed by atoms with Gasteiger partial charge in [0.2, 0.25) is 0 Å². The maximum Gasteiger partial charge on any atom is 2.00 e. The van der Waals surface area contributed by atoms with Gasteiger partial charge in [-0.15, -0.1) is 0 Å². The maximum absolute atomic E-state index is 3.56. The molecule has 0 aliphatic heterocycles. The Kier molecular flexibility index (Phi) is 14.8. The first-order valence-corrected chi connectivity index (χ1v) is 9.22. The SMILES string of the molecule is Cc1cc(C)c(NCCNCCNc2c(C)cc(C)cc2C)c(C)c1.[Cl-].[Cl-].[Cu+2]. The van der Waals surface area contributed by atoms with Gasteiger partial charge in [-0.25, -0.2) is 0 Å². The average Bonchev–Trinajstić information content (AvgIpc) is 2.50. The van der Waals surface area contributed by atoms with Gasteiger partial charge in [0, 0.05) is 37.6 Å². The first-order valence-electron chi connectivity index (χ1n) is 9.22. The van der Waals surface area contributed by atoms with Crippen molar-refractivity contribution in [3.05, 3.63) is 57.6 Å². The van der Waals surface area contributed by atoms with Crippen LogP contribution in [0.25, 0.3) is 0 Å². The van der Waals surface area contributed by atoms with Gasteiger partial charge in [0.05, 0.1) is 0 Å². The number of hydrogen-bond donors (Lipinski definition) is 3. The molecule has 0 saturated carbocycles. The Morgan fingerprint density at radius 3 is 1.11 bits per heavy atom. The molecule has 1 radical (unpaired) electrons. The van der Waals surface area contributed by atoms with Gasteiger partial charge >= 0.3 is 17.1 Å². The quantitative estimate of drug-likeness (QED) is 0.328. The van der Waals surface area contributed by atoms with E-state index in [9.17, 15) is 0 Å². The second kappa shape index (κ2) is 14.1. The van der Waals surface area contributed by atoms with E-state index in [2.05, 4.69) is 81.8 Å². The molecule has 0 bridgehead atoms. The Morgan fingerprint density at radius 1 is 0.536 bits per heavy atom. The van der Waals surface area contributed by atoms with Gasteiger partial charge in [0.25, 0.3) is 0 Å². The minimum absolute atomic E-state index is 0. The molecule has 3 N–H and O–H groups in total. The number of halogens is 2. The molecule has 0 unspecified atom stereocenters. The monoisotopic (exact) mass is 472 g/mol. The van der Waals surface area contributed by atoms with Crippen molar-refractivity contribution in [2.24, 2.45) is 0 Å². The van der Waals surface area contributed by atoms with E-state index in [0.29, 0.717) is 0 Å². The van der Waals surface area contributed by atoms with Crippen LogP contribution in [0.1, 0.15) is 33.4 Å². The van der Waals surface area contributed by atoms with Crippen LogP contribution in [-0.4, -0.2) is 26.2 Å². The van der Waals surface area contributed by atoms with Gasteiger partial charge < -0.3 is 40.8 Å². The Labute approximate surface area is 194 Å². The van der Waals surface area contributed by atoms with Crippen LogP contribution in [0.3, 0.4) is 0 Å². The molecule has 2 aromatic carbocycles. The van der Waals surface area contributed by atoms with Crippen molar-refractivity contribution in [3.8, 4) is 0 Å². The molecule has 0 aromatic heterocycles. The molecule has 2 aromatic rings. The molecule has 3 nitrogen and oxygen atoms in total. The van der Waals surface area contributed by atoms with Gasteiger partial charge in [-0.1, -0.05) is 35.4 Å². The second-order valence-electron chi connectivity index (χ2n) is 7.15. The predicted octanol–water partition coefficient (Wildman–Crippen LogP) is -1.34. The molecule has 2 rings (SSSR count). The molecular formula is C22H33Cl2CuN3. The zero-order valence-corrected chi connectivity index (χ0v) is 20.1. The Balaban J connectivity index is 0. The summed E-state index contributed by atoms with van der Waals surface area (Å²) < 4.78 is 0. The van der Waals surface area contributed by atoms with E-state index in [0.717, 1.165) is 26.2 Å². The molecule has 0 amide bonds. The summed E-state index contributed by atoms with van der Waals surface area (Å²) >= 11 is 0. The second-order valence-corrected chi connectivity index (χ2v) is 7.15. The van der Waals surface area contributed by atoms with E-state index in [-0.39, 0.29) is 41.9 Å². The van der Waals surface area contributed by atoms with E-state index in [1.807, 2.05) is 0 Å². The Hall–Kier alpha value is -0.901. The molecule has 28 heavy (non-hydrogen) atoms. The Morgan fingerprint density at radius 2 is 0.821 bits per heavy atom. The fraction of sp³-hybridized carbons (Fsp3) is 0.455. The van der Waals surface area contributed by atoms with Gasteiger partial charge in [0.15, 0.2) is 0 Å². The number of rotatable bonds is 8. The molecule has 0 fully saturated rings. The van der Waals surface area contributed by atoms with Crippen molar-refractivity contribution >= 4 is 11.4 Å². The zero-order valence-electron chi connectivity index (χ0n) is 17.7. The van der Waals surface area contributed by atoms with E-state index in [1.165, 1.54) is 44.8 Å². The van der Waals surface area contributed by atoms with E-state index in [1.54, 1.807) is 0 Å². The summed E-state index contributed by atoms with van der Waals surface area (Å²) in [4.78, 5) is 0. The topological polar surface area (TPSA) is 36.1 Å². The maximum atomic E-state index is 3.56. The Bertz CT molecular complexity index is 628. The van der Waals surface area contributed by atoms with Crippen molar-refractivity contribution in [2.75, 3.05) is 36.8 Å². The summed E-state index contributed by atoms with van der Waals surface area (Å²) in [5.74, 6) is 0. The van der Waals surface area contributed by atoms with Gasteiger partial charge in [-0.2, -0.15) is 0 Å². The third-order valence-electron chi connectivity index (χ3n) is 4.56. The molecule has 0 atom stereocenters. The molecule has 0 saturated heterocycles. The minimum atomic E-state index is 0. The van der Waals surface area contributed by atoms with Crippen LogP contribution >= 0.6 is 0 Å². The van der Waals surface area contributed by atoms with Crippen LogP contribution in [-0.2, 0) is 17.1 Å². The molecule has 0 heterocycles. The molecule has 161 valence electrons. The number of nitrogens with one attached hydrogen (secondary N) is 3. The van der Waals surface area contributed by atoms with Crippen molar-refractivity contribution in [1.29, 1.82) is 0 Å². The summed E-state index contributed by atoms with van der Waals surface area (Å²) in [7, 11) is 0. The van der Waals surface area contributed by atoms with E-state index >= 15 is 0 Å². The summed E-state index contributed by atoms with van der Waals surface area (Å²) in [6, 6.07) is 8.94. The van der Waals surface area contributed by atoms with Crippen molar-refractivity contribution in [1.82, 2.24) is 5.32 Å². The van der Waals surface area contributed by atoms with Crippen molar-refractivity contribution in [3.63, 3.8) is 0 Å². The molecule has 0 aliphatic carbocycles. The summed E-state index contributed by atoms with van der Waals surface area (Å²) in [5.41, 5.74) is 10.5. The standard InChI is InChI=1S/C22H33N3.2ClH.Cu/c1-15-11-17(3)21(18(4)12-15)24-9-7-23-8-10-25-22-19(5)13-16(2)14-20(22)6;;;/h11-14,23-25H,7-10H2,1-6H3;2*1H;/q;;;+2/p-2. The number of anilines is 2. The normalized spacial score (nSPS) is 9.64. The third kappa shape index (κ3) is 8.63. The van der Waals surface area contributed by atoms with Crippen molar-refractivity contribution < 1.29 is 41.9 Å². The first kappa shape index (κ1) is 29.3. The summed E-state index contributed by atoms with van der Waals surface area (Å²) in [6.45, 7) is 16.8. The van der Waals surface area contributed by atoms with Crippen LogP contribution in [0.5, 0.6) is 0 Å². The van der Waals surface area contributed by atoms with E-state index in [4.69, 9.17) is 0 Å². The first-order chi connectivity index (χ1) is 11.9. The summed E-state index contributed by atoms with van der Waals surface area (Å²) in [5, 5.41) is 10.6. The van der Waals surface area contributed by atoms with Crippen LogP contribution in [0, 0.1) is 41.5 Å². The number of hydrogen-bond acceptors (Lipinski definition) is 3. The minimum Gasteiger partial charge on any atom is -1.00 e. The van der Waals surface area contributed by atoms with Crippen molar-refractivity contribution in [2.45, 2.75) is 41.5 Å². The number of aryl methyl sites for hydroxylation is 6. The van der Waals surface area contributed by atoms with Crippen LogP contribution in [0.15, 0.2) is 24.3 Å². The molecule has 0 spiro atoms. The van der Waals surface area contributed by atoms with Gasteiger partial charge in [-0.05, 0) is 63.8 Å². The smallest absolute Gasteiger partial charge is 1.00 e. The molecule has 0 aliphatic rings. The number of benzene rings is 2. The fourth-order valence-corrected chi connectivity index (χ4v) is 3.59. The van der Waals surface area contributed by atoms with Gasteiger partial charge in [0.1, 0.15) is 0 Å². The van der Waals surface area contributed by atoms with Crippen LogP contribution < -0.4 is 40.8 Å². The predicted molar refractivity (Wildman–Crippen MR) is 111 cm³/mol. The van der Waals surface area contributed by atoms with E-state index < -0.39 is 0 Å². The zero-order chi connectivity index (χ0) is 18.4.